The fourth-order valence-electron chi connectivity index (χ4n) is 2.28. The molecule has 0 radical (unpaired) electrons. The second-order valence-electron chi connectivity index (χ2n) is 4.90. The number of hydrogen-bond acceptors (Lipinski definition) is 5. The Hall–Kier alpha value is -2.21. The predicted molar refractivity (Wildman–Crippen MR) is 82.3 cm³/mol. The molecule has 1 heterocycles. The largest absolute Gasteiger partial charge is 0.355 e. The van der Waals surface area contributed by atoms with E-state index in [9.17, 15) is 4.39 Å². The van der Waals surface area contributed by atoms with Gasteiger partial charge < -0.3 is 10.3 Å². The molecular weight excluding hydrogens is 269 g/mol. The first kappa shape index (κ1) is 15.2. The molecule has 0 aliphatic rings. The summed E-state index contributed by atoms with van der Waals surface area (Å²) >= 11 is 0. The standard InChI is InChI=1S/C15H20FN5/c1-3-4-13-14(20-17)18-10-19-15(13)21(2)9-11-5-7-12(16)8-6-11/h5-8,10H,3-4,9,17H2,1-2H3,(H,18,19,20). The van der Waals surface area contributed by atoms with Crippen molar-refractivity contribution in [3.8, 4) is 0 Å². The molecule has 21 heavy (non-hydrogen) atoms. The quantitative estimate of drug-likeness (QED) is 0.632. The highest BCUT2D eigenvalue weighted by atomic mass is 19.1. The SMILES string of the molecule is CCCc1c(NN)ncnc1N(C)Cc1ccc(F)cc1. The van der Waals surface area contributed by atoms with Gasteiger partial charge in [-0.15, -0.1) is 0 Å². The third kappa shape index (κ3) is 3.66. The van der Waals surface area contributed by atoms with E-state index in [4.69, 9.17) is 5.84 Å². The zero-order chi connectivity index (χ0) is 15.2. The van der Waals surface area contributed by atoms with Gasteiger partial charge in [-0.1, -0.05) is 25.5 Å². The average Bonchev–Trinajstić information content (AvgIpc) is 2.50. The van der Waals surface area contributed by atoms with Crippen LogP contribution in [0.4, 0.5) is 16.0 Å². The summed E-state index contributed by atoms with van der Waals surface area (Å²) in [6, 6.07) is 6.47. The van der Waals surface area contributed by atoms with Gasteiger partial charge in [-0.2, -0.15) is 0 Å². The molecule has 0 amide bonds. The summed E-state index contributed by atoms with van der Waals surface area (Å²) < 4.78 is 13.0. The maximum atomic E-state index is 13.0. The number of rotatable bonds is 6. The van der Waals surface area contributed by atoms with Crippen molar-refractivity contribution >= 4 is 11.6 Å². The lowest BCUT2D eigenvalue weighted by Crippen LogP contribution is -2.21. The van der Waals surface area contributed by atoms with E-state index >= 15 is 0 Å². The van der Waals surface area contributed by atoms with Crippen LogP contribution in [-0.2, 0) is 13.0 Å². The molecule has 2 rings (SSSR count). The van der Waals surface area contributed by atoms with Crippen molar-refractivity contribution in [2.24, 2.45) is 5.84 Å². The zero-order valence-electron chi connectivity index (χ0n) is 12.3. The molecule has 5 nitrogen and oxygen atoms in total. The summed E-state index contributed by atoms with van der Waals surface area (Å²) in [7, 11) is 1.95. The van der Waals surface area contributed by atoms with Crippen LogP contribution in [0.25, 0.3) is 0 Å². The molecule has 0 unspecified atom stereocenters. The van der Waals surface area contributed by atoms with Crippen molar-refractivity contribution in [2.75, 3.05) is 17.4 Å². The Bertz CT molecular complexity index is 585. The number of nitrogens with two attached hydrogens (primary N) is 1. The van der Waals surface area contributed by atoms with Gasteiger partial charge in [0.1, 0.15) is 23.8 Å². The minimum atomic E-state index is -0.232. The van der Waals surface area contributed by atoms with E-state index in [2.05, 4.69) is 22.3 Å². The summed E-state index contributed by atoms with van der Waals surface area (Å²) in [6.07, 6.45) is 3.30. The van der Waals surface area contributed by atoms with Crippen LogP contribution in [0.3, 0.4) is 0 Å². The minimum Gasteiger partial charge on any atom is -0.355 e. The first-order valence-electron chi connectivity index (χ1n) is 6.91. The van der Waals surface area contributed by atoms with Crippen LogP contribution < -0.4 is 16.2 Å². The van der Waals surface area contributed by atoms with Gasteiger partial charge in [0.05, 0.1) is 0 Å². The van der Waals surface area contributed by atoms with Gasteiger partial charge in [0.2, 0.25) is 0 Å². The molecule has 0 bridgehead atoms. The summed E-state index contributed by atoms with van der Waals surface area (Å²) in [6.45, 7) is 2.73. The van der Waals surface area contributed by atoms with Crippen molar-refractivity contribution in [1.82, 2.24) is 9.97 Å². The Morgan fingerprint density at radius 3 is 2.57 bits per heavy atom. The van der Waals surface area contributed by atoms with Crippen LogP contribution in [0.2, 0.25) is 0 Å². The van der Waals surface area contributed by atoms with Crippen molar-refractivity contribution < 1.29 is 4.39 Å². The van der Waals surface area contributed by atoms with Gasteiger partial charge in [-0.3, -0.25) is 0 Å². The number of halogens is 1. The molecule has 1 aromatic heterocycles. The van der Waals surface area contributed by atoms with Gasteiger partial charge in [-0.05, 0) is 24.1 Å². The minimum absolute atomic E-state index is 0.232. The van der Waals surface area contributed by atoms with Crippen molar-refractivity contribution in [3.63, 3.8) is 0 Å². The molecule has 112 valence electrons. The third-order valence-electron chi connectivity index (χ3n) is 3.25. The molecule has 1 aromatic carbocycles. The van der Waals surface area contributed by atoms with Gasteiger partial charge in [-0.25, -0.2) is 20.2 Å². The van der Waals surface area contributed by atoms with Crippen LogP contribution in [0.15, 0.2) is 30.6 Å². The summed E-state index contributed by atoms with van der Waals surface area (Å²) in [5.41, 5.74) is 4.63. The molecule has 0 saturated heterocycles. The molecule has 0 fully saturated rings. The van der Waals surface area contributed by atoms with Gasteiger partial charge in [0.25, 0.3) is 0 Å². The smallest absolute Gasteiger partial charge is 0.148 e. The molecule has 3 N–H and O–H groups in total. The highest BCUT2D eigenvalue weighted by molar-refractivity contribution is 5.58. The Kier molecular flexibility index (Phi) is 5.05. The van der Waals surface area contributed by atoms with E-state index in [0.717, 1.165) is 29.8 Å². The molecule has 2 aromatic rings. The van der Waals surface area contributed by atoms with E-state index in [1.165, 1.54) is 18.5 Å². The summed E-state index contributed by atoms with van der Waals surface area (Å²) in [5.74, 6) is 6.77. The lowest BCUT2D eigenvalue weighted by molar-refractivity contribution is 0.627. The van der Waals surface area contributed by atoms with Crippen molar-refractivity contribution in [1.29, 1.82) is 0 Å². The molecule has 0 aliphatic carbocycles. The number of anilines is 2. The number of aromatic nitrogens is 2. The number of hydrazine groups is 1. The number of benzene rings is 1. The highest BCUT2D eigenvalue weighted by Crippen LogP contribution is 2.24. The van der Waals surface area contributed by atoms with Crippen molar-refractivity contribution in [3.05, 3.63) is 47.5 Å². The molecule has 6 heteroatoms. The van der Waals surface area contributed by atoms with E-state index in [1.807, 2.05) is 11.9 Å². The Morgan fingerprint density at radius 1 is 1.24 bits per heavy atom. The first-order chi connectivity index (χ1) is 10.2. The van der Waals surface area contributed by atoms with Gasteiger partial charge in [0.15, 0.2) is 0 Å². The molecule has 0 saturated carbocycles. The monoisotopic (exact) mass is 289 g/mol. The fraction of sp³-hybridized carbons (Fsp3) is 0.333. The molecule has 0 spiro atoms. The maximum absolute atomic E-state index is 13.0. The Labute approximate surface area is 124 Å². The van der Waals surface area contributed by atoms with Crippen LogP contribution >= 0.6 is 0 Å². The van der Waals surface area contributed by atoms with Crippen LogP contribution in [0.1, 0.15) is 24.5 Å². The van der Waals surface area contributed by atoms with E-state index in [1.54, 1.807) is 12.1 Å². The van der Waals surface area contributed by atoms with Gasteiger partial charge >= 0.3 is 0 Å². The highest BCUT2D eigenvalue weighted by Gasteiger charge is 2.14. The second kappa shape index (κ2) is 6.99. The molecule has 0 atom stereocenters. The van der Waals surface area contributed by atoms with Crippen LogP contribution in [0.5, 0.6) is 0 Å². The number of nitrogens with zero attached hydrogens (tertiary/aromatic N) is 3. The van der Waals surface area contributed by atoms with Gasteiger partial charge in [0, 0.05) is 19.2 Å². The normalized spacial score (nSPS) is 10.5. The van der Waals surface area contributed by atoms with E-state index < -0.39 is 0 Å². The average molecular weight is 289 g/mol. The lowest BCUT2D eigenvalue weighted by atomic mass is 10.1. The third-order valence-corrected chi connectivity index (χ3v) is 3.25. The number of hydrogen-bond donors (Lipinski definition) is 2. The van der Waals surface area contributed by atoms with E-state index in [0.29, 0.717) is 12.4 Å². The zero-order valence-corrected chi connectivity index (χ0v) is 12.3. The number of nitrogens with one attached hydrogen (secondary N) is 1. The maximum Gasteiger partial charge on any atom is 0.148 e. The second-order valence-corrected chi connectivity index (χ2v) is 4.90. The Balaban J connectivity index is 2.25. The van der Waals surface area contributed by atoms with Crippen molar-refractivity contribution in [2.45, 2.75) is 26.3 Å². The van der Waals surface area contributed by atoms with E-state index in [-0.39, 0.29) is 5.82 Å². The summed E-state index contributed by atoms with van der Waals surface area (Å²) in [5, 5.41) is 0. The fourth-order valence-corrected chi connectivity index (χ4v) is 2.28. The number of nitrogen functional groups attached to an aromatic ring is 1. The predicted octanol–water partition coefficient (Wildman–Crippen LogP) is 2.49. The lowest BCUT2D eigenvalue weighted by Gasteiger charge is -2.22. The summed E-state index contributed by atoms with van der Waals surface area (Å²) in [4.78, 5) is 10.5. The van der Waals surface area contributed by atoms with Crippen LogP contribution in [0, 0.1) is 5.82 Å². The Morgan fingerprint density at radius 2 is 1.95 bits per heavy atom. The topological polar surface area (TPSA) is 67.1 Å². The first-order valence-corrected chi connectivity index (χ1v) is 6.91. The molecule has 0 aliphatic heterocycles. The van der Waals surface area contributed by atoms with Crippen LogP contribution in [-0.4, -0.2) is 17.0 Å². The molecular formula is C15H20FN5.